The Morgan fingerprint density at radius 2 is 2.08 bits per heavy atom. The number of hydrogen-bond acceptors (Lipinski definition) is 7. The molecule has 1 aliphatic heterocycles. The van der Waals surface area contributed by atoms with Gasteiger partial charge >= 0.3 is 0 Å². The third-order valence-electron chi connectivity index (χ3n) is 4.05. The van der Waals surface area contributed by atoms with E-state index < -0.39 is 6.10 Å². The molecule has 1 unspecified atom stereocenters. The van der Waals surface area contributed by atoms with Gasteiger partial charge in [0.1, 0.15) is 0 Å². The maximum absolute atomic E-state index is 11.9. The van der Waals surface area contributed by atoms with Crippen molar-refractivity contribution in [3.8, 4) is 0 Å². The second-order valence-corrected chi connectivity index (χ2v) is 6.08. The lowest BCUT2D eigenvalue weighted by Crippen LogP contribution is -2.41. The topological polar surface area (TPSA) is 94.7 Å². The standard InChI is InChI=1S/C14H23N5O3.2ClH/c1-15-6-13(21)19-5-4-18(7-11(20)8-19)9-12-16-14(17-22-12)10-2-3-10;;/h10-11,15,20H,2-9H2,1H3;2*1H. The van der Waals surface area contributed by atoms with Crippen LogP contribution in [0.4, 0.5) is 0 Å². The minimum absolute atomic E-state index is 0. The van der Waals surface area contributed by atoms with Gasteiger partial charge in [0.25, 0.3) is 0 Å². The second-order valence-electron chi connectivity index (χ2n) is 6.08. The smallest absolute Gasteiger partial charge is 0.240 e. The summed E-state index contributed by atoms with van der Waals surface area (Å²) >= 11 is 0. The molecule has 1 atom stereocenters. The van der Waals surface area contributed by atoms with Gasteiger partial charge in [0, 0.05) is 32.1 Å². The minimum atomic E-state index is -0.561. The molecule has 0 radical (unpaired) electrons. The summed E-state index contributed by atoms with van der Waals surface area (Å²) in [5.74, 6) is 1.87. The summed E-state index contributed by atoms with van der Waals surface area (Å²) in [7, 11) is 1.74. The van der Waals surface area contributed by atoms with Gasteiger partial charge in [-0.05, 0) is 19.9 Å². The molecule has 138 valence electrons. The molecule has 2 aliphatic rings. The second kappa shape index (κ2) is 9.53. The summed E-state index contributed by atoms with van der Waals surface area (Å²) < 4.78 is 5.28. The summed E-state index contributed by atoms with van der Waals surface area (Å²) in [6.45, 7) is 2.97. The Morgan fingerprint density at radius 1 is 1.33 bits per heavy atom. The fourth-order valence-corrected chi connectivity index (χ4v) is 2.72. The average molecular weight is 382 g/mol. The van der Waals surface area contributed by atoms with Crippen molar-refractivity contribution in [1.29, 1.82) is 0 Å². The van der Waals surface area contributed by atoms with E-state index in [0.29, 0.717) is 51.1 Å². The lowest BCUT2D eigenvalue weighted by molar-refractivity contribution is -0.131. The molecule has 10 heteroatoms. The van der Waals surface area contributed by atoms with Crippen molar-refractivity contribution in [2.45, 2.75) is 31.4 Å². The van der Waals surface area contributed by atoms with E-state index in [1.54, 1.807) is 11.9 Å². The highest BCUT2D eigenvalue weighted by Gasteiger charge is 2.30. The van der Waals surface area contributed by atoms with Crippen LogP contribution in [0, 0.1) is 0 Å². The van der Waals surface area contributed by atoms with Crippen LogP contribution >= 0.6 is 24.8 Å². The molecule has 0 aromatic carbocycles. The number of halogens is 2. The van der Waals surface area contributed by atoms with Gasteiger partial charge in [-0.15, -0.1) is 24.8 Å². The molecule has 1 saturated heterocycles. The van der Waals surface area contributed by atoms with Crippen LogP contribution in [0.5, 0.6) is 0 Å². The number of rotatable bonds is 5. The van der Waals surface area contributed by atoms with Gasteiger partial charge in [-0.1, -0.05) is 5.16 Å². The Hall–Kier alpha value is -0.930. The number of carbonyl (C=O) groups is 1. The Morgan fingerprint density at radius 3 is 2.75 bits per heavy atom. The molecule has 24 heavy (non-hydrogen) atoms. The van der Waals surface area contributed by atoms with Crippen molar-refractivity contribution in [2.24, 2.45) is 0 Å². The molecule has 0 spiro atoms. The first kappa shape index (κ1) is 21.1. The van der Waals surface area contributed by atoms with E-state index in [1.807, 2.05) is 0 Å². The summed E-state index contributed by atoms with van der Waals surface area (Å²) in [6.07, 6.45) is 1.72. The van der Waals surface area contributed by atoms with Crippen molar-refractivity contribution in [1.82, 2.24) is 25.3 Å². The van der Waals surface area contributed by atoms with Crippen molar-refractivity contribution in [2.75, 3.05) is 39.8 Å². The molecule has 0 bridgehead atoms. The van der Waals surface area contributed by atoms with Crippen LogP contribution in [0.15, 0.2) is 4.52 Å². The molecule has 1 aromatic rings. The minimum Gasteiger partial charge on any atom is -0.390 e. The van der Waals surface area contributed by atoms with E-state index in [1.165, 1.54) is 0 Å². The summed E-state index contributed by atoms with van der Waals surface area (Å²) in [5, 5.41) is 17.0. The van der Waals surface area contributed by atoms with Crippen LogP contribution in [0.25, 0.3) is 0 Å². The fourth-order valence-electron chi connectivity index (χ4n) is 2.72. The Balaban J connectivity index is 0.00000144. The van der Waals surface area contributed by atoms with Gasteiger partial charge in [0.2, 0.25) is 11.8 Å². The third kappa shape index (κ3) is 5.56. The summed E-state index contributed by atoms with van der Waals surface area (Å²) in [6, 6.07) is 0. The predicted molar refractivity (Wildman–Crippen MR) is 92.6 cm³/mol. The lowest BCUT2D eigenvalue weighted by atomic mass is 10.3. The molecule has 1 aromatic heterocycles. The van der Waals surface area contributed by atoms with Crippen LogP contribution < -0.4 is 5.32 Å². The first-order valence-electron chi connectivity index (χ1n) is 7.81. The molecule has 3 rings (SSSR count). The molecule has 2 heterocycles. The molecule has 2 fully saturated rings. The van der Waals surface area contributed by atoms with Gasteiger partial charge in [-0.25, -0.2) is 0 Å². The quantitative estimate of drug-likeness (QED) is 0.741. The van der Waals surface area contributed by atoms with Crippen LogP contribution in [0.1, 0.15) is 30.5 Å². The lowest BCUT2D eigenvalue weighted by Gasteiger charge is -2.21. The van der Waals surface area contributed by atoms with Gasteiger partial charge in [-0.2, -0.15) is 4.98 Å². The van der Waals surface area contributed by atoms with Gasteiger partial charge in [0.15, 0.2) is 5.82 Å². The van der Waals surface area contributed by atoms with Crippen molar-refractivity contribution < 1.29 is 14.4 Å². The number of amides is 1. The number of likely N-dealkylation sites (N-methyl/N-ethyl adjacent to an activating group) is 1. The number of aliphatic hydroxyl groups excluding tert-OH is 1. The van der Waals surface area contributed by atoms with Crippen molar-refractivity contribution in [3.05, 3.63) is 11.7 Å². The molecule has 1 amide bonds. The average Bonchev–Trinajstić information content (AvgIpc) is 3.25. The van der Waals surface area contributed by atoms with E-state index >= 15 is 0 Å². The Kier molecular flexibility index (Phi) is 8.38. The molecule has 8 nitrogen and oxygen atoms in total. The first-order chi connectivity index (χ1) is 10.7. The van der Waals surface area contributed by atoms with E-state index in [0.717, 1.165) is 18.7 Å². The maximum Gasteiger partial charge on any atom is 0.240 e. The number of nitrogens with one attached hydrogen (secondary N) is 1. The zero-order valence-corrected chi connectivity index (χ0v) is 15.3. The highest BCUT2D eigenvalue weighted by molar-refractivity contribution is 5.85. The van der Waals surface area contributed by atoms with Gasteiger partial charge in [-0.3, -0.25) is 9.69 Å². The van der Waals surface area contributed by atoms with Gasteiger partial charge in [0.05, 0.1) is 19.2 Å². The molecule has 1 saturated carbocycles. The molecule has 1 aliphatic carbocycles. The summed E-state index contributed by atoms with van der Waals surface area (Å²) in [4.78, 5) is 20.1. The van der Waals surface area contributed by atoms with Crippen molar-refractivity contribution in [3.63, 3.8) is 0 Å². The monoisotopic (exact) mass is 381 g/mol. The maximum atomic E-state index is 11.9. The zero-order valence-electron chi connectivity index (χ0n) is 13.7. The number of aromatic nitrogens is 2. The Labute approximate surface area is 153 Å². The normalized spacial score (nSPS) is 21.6. The van der Waals surface area contributed by atoms with Crippen molar-refractivity contribution >= 4 is 30.7 Å². The van der Waals surface area contributed by atoms with E-state index in [2.05, 4.69) is 20.4 Å². The summed E-state index contributed by atoms with van der Waals surface area (Å²) in [5.41, 5.74) is 0. The number of carbonyl (C=O) groups excluding carboxylic acids is 1. The zero-order chi connectivity index (χ0) is 15.5. The first-order valence-corrected chi connectivity index (χ1v) is 7.81. The number of nitrogens with zero attached hydrogens (tertiary/aromatic N) is 4. The van der Waals surface area contributed by atoms with Gasteiger partial charge < -0.3 is 19.8 Å². The number of hydrogen-bond donors (Lipinski definition) is 2. The van der Waals surface area contributed by atoms with E-state index in [4.69, 9.17) is 4.52 Å². The van der Waals surface area contributed by atoms with Crippen LogP contribution in [0.3, 0.4) is 0 Å². The fraction of sp³-hybridized carbons (Fsp3) is 0.786. The third-order valence-corrected chi connectivity index (χ3v) is 4.05. The highest BCUT2D eigenvalue weighted by atomic mass is 35.5. The number of β-amino-alcohol motifs (C(OH)–C–C–N with tert-alkyl or cyclic N) is 1. The van der Waals surface area contributed by atoms with E-state index in [9.17, 15) is 9.90 Å². The largest absolute Gasteiger partial charge is 0.390 e. The number of aliphatic hydroxyl groups is 1. The van der Waals surface area contributed by atoms with Crippen LogP contribution in [-0.2, 0) is 11.3 Å². The molecular formula is C14H25Cl2N5O3. The predicted octanol–water partition coefficient (Wildman–Crippen LogP) is 0.0151. The van der Waals surface area contributed by atoms with Crippen LogP contribution in [0.2, 0.25) is 0 Å². The molecule has 2 N–H and O–H groups in total. The SMILES string of the molecule is CNCC(=O)N1CCN(Cc2nc(C3CC3)no2)CC(O)C1.Cl.Cl. The Bertz CT molecular complexity index is 526. The van der Waals surface area contributed by atoms with Crippen LogP contribution in [-0.4, -0.2) is 76.8 Å². The van der Waals surface area contributed by atoms with E-state index in [-0.39, 0.29) is 30.7 Å². The molecular weight excluding hydrogens is 357 g/mol. The highest BCUT2D eigenvalue weighted by Crippen LogP contribution is 2.38.